The Morgan fingerprint density at radius 3 is 1.95 bits per heavy atom. The van der Waals surface area contributed by atoms with Crippen molar-refractivity contribution in [1.29, 1.82) is 0 Å². The Balaban J connectivity index is 2.67. The lowest BCUT2D eigenvalue weighted by Gasteiger charge is -2.25. The largest absolute Gasteiger partial charge is 0.309 e. The van der Waals surface area contributed by atoms with Crippen LogP contribution in [0.5, 0.6) is 0 Å². The monoisotopic (exact) mass is 301 g/mol. The molecular formula is C19H24ClN. The standard InChI is InChI=1S/C19H24ClN/c1-11-7-8-16(17(20)9-11)19(21-6)18-14(4)12(2)10-13(3)15(18)5/h7-10,19,21H,1-6H3. The molecule has 0 aliphatic heterocycles. The highest BCUT2D eigenvalue weighted by Crippen LogP contribution is 2.34. The van der Waals surface area contributed by atoms with Gasteiger partial charge in [0.15, 0.2) is 0 Å². The van der Waals surface area contributed by atoms with Crippen molar-refractivity contribution < 1.29 is 0 Å². The first kappa shape index (κ1) is 16.1. The highest BCUT2D eigenvalue weighted by molar-refractivity contribution is 6.31. The van der Waals surface area contributed by atoms with Crippen LogP contribution in [0.3, 0.4) is 0 Å². The van der Waals surface area contributed by atoms with Crippen LogP contribution in [0.2, 0.25) is 5.02 Å². The summed E-state index contributed by atoms with van der Waals surface area (Å²) < 4.78 is 0. The van der Waals surface area contributed by atoms with Crippen LogP contribution in [0.15, 0.2) is 24.3 Å². The molecule has 1 atom stereocenters. The van der Waals surface area contributed by atoms with Crippen LogP contribution in [0.4, 0.5) is 0 Å². The van der Waals surface area contributed by atoms with Crippen molar-refractivity contribution in [2.75, 3.05) is 7.05 Å². The zero-order valence-electron chi connectivity index (χ0n) is 13.8. The van der Waals surface area contributed by atoms with Gasteiger partial charge in [0.2, 0.25) is 0 Å². The minimum absolute atomic E-state index is 0.122. The summed E-state index contributed by atoms with van der Waals surface area (Å²) in [5, 5.41) is 4.27. The molecule has 0 radical (unpaired) electrons. The van der Waals surface area contributed by atoms with Gasteiger partial charge in [-0.25, -0.2) is 0 Å². The van der Waals surface area contributed by atoms with Crippen LogP contribution in [0.25, 0.3) is 0 Å². The van der Waals surface area contributed by atoms with E-state index >= 15 is 0 Å². The van der Waals surface area contributed by atoms with Gasteiger partial charge in [-0.05, 0) is 86.7 Å². The molecule has 0 fully saturated rings. The first-order valence-corrected chi connectivity index (χ1v) is 7.75. The summed E-state index contributed by atoms with van der Waals surface area (Å²) in [5.74, 6) is 0. The van der Waals surface area contributed by atoms with Crippen molar-refractivity contribution in [3.8, 4) is 0 Å². The van der Waals surface area contributed by atoms with Gasteiger partial charge in [-0.3, -0.25) is 0 Å². The fourth-order valence-corrected chi connectivity index (χ4v) is 3.35. The lowest BCUT2D eigenvalue weighted by Crippen LogP contribution is -2.21. The van der Waals surface area contributed by atoms with E-state index in [0.717, 1.165) is 10.6 Å². The van der Waals surface area contributed by atoms with E-state index in [-0.39, 0.29) is 6.04 Å². The van der Waals surface area contributed by atoms with E-state index in [4.69, 9.17) is 11.6 Å². The summed E-state index contributed by atoms with van der Waals surface area (Å²) in [4.78, 5) is 0. The van der Waals surface area contributed by atoms with E-state index in [2.05, 4.69) is 58.1 Å². The molecule has 0 aliphatic carbocycles. The van der Waals surface area contributed by atoms with E-state index in [1.165, 1.54) is 33.4 Å². The number of rotatable bonds is 3. The third-order valence-corrected chi connectivity index (χ3v) is 4.80. The summed E-state index contributed by atoms with van der Waals surface area (Å²) >= 11 is 6.50. The average Bonchev–Trinajstić information content (AvgIpc) is 2.42. The van der Waals surface area contributed by atoms with Crippen LogP contribution in [0, 0.1) is 34.6 Å². The van der Waals surface area contributed by atoms with Gasteiger partial charge in [0, 0.05) is 5.02 Å². The Labute approximate surface area is 133 Å². The fraction of sp³-hybridized carbons (Fsp3) is 0.368. The molecule has 0 aromatic heterocycles. The molecule has 0 saturated heterocycles. The predicted octanol–water partition coefficient (Wildman–Crippen LogP) is 5.19. The predicted molar refractivity (Wildman–Crippen MR) is 92.5 cm³/mol. The molecular weight excluding hydrogens is 278 g/mol. The van der Waals surface area contributed by atoms with E-state index in [0.29, 0.717) is 0 Å². The summed E-state index contributed by atoms with van der Waals surface area (Å²) in [6.07, 6.45) is 0. The molecule has 112 valence electrons. The third kappa shape index (κ3) is 3.00. The number of aryl methyl sites for hydroxylation is 3. The molecule has 0 spiro atoms. The molecule has 0 saturated carbocycles. The second-order valence-corrected chi connectivity index (χ2v) is 6.33. The van der Waals surface area contributed by atoms with Gasteiger partial charge in [-0.1, -0.05) is 29.8 Å². The zero-order valence-corrected chi connectivity index (χ0v) is 14.5. The number of benzene rings is 2. The molecule has 0 heterocycles. The highest BCUT2D eigenvalue weighted by Gasteiger charge is 2.21. The Hall–Kier alpha value is -1.31. The van der Waals surface area contributed by atoms with Gasteiger partial charge in [-0.2, -0.15) is 0 Å². The number of halogens is 1. The smallest absolute Gasteiger partial charge is 0.0594 e. The molecule has 1 unspecified atom stereocenters. The number of hydrogen-bond acceptors (Lipinski definition) is 1. The average molecular weight is 302 g/mol. The van der Waals surface area contributed by atoms with Crippen molar-refractivity contribution in [2.45, 2.75) is 40.7 Å². The normalized spacial score (nSPS) is 12.5. The second-order valence-electron chi connectivity index (χ2n) is 5.92. The molecule has 21 heavy (non-hydrogen) atoms. The molecule has 1 N–H and O–H groups in total. The Bertz CT molecular complexity index is 648. The lowest BCUT2D eigenvalue weighted by atomic mass is 9.86. The van der Waals surface area contributed by atoms with Crippen LogP contribution in [-0.2, 0) is 0 Å². The van der Waals surface area contributed by atoms with Gasteiger partial charge in [0.1, 0.15) is 0 Å². The van der Waals surface area contributed by atoms with E-state index in [1.807, 2.05) is 13.1 Å². The minimum Gasteiger partial charge on any atom is -0.309 e. The van der Waals surface area contributed by atoms with Gasteiger partial charge >= 0.3 is 0 Å². The van der Waals surface area contributed by atoms with Crippen molar-refractivity contribution >= 4 is 11.6 Å². The summed E-state index contributed by atoms with van der Waals surface area (Å²) in [6.45, 7) is 10.8. The van der Waals surface area contributed by atoms with Crippen LogP contribution >= 0.6 is 11.6 Å². The Morgan fingerprint density at radius 1 is 0.905 bits per heavy atom. The lowest BCUT2D eigenvalue weighted by molar-refractivity contribution is 0.681. The molecule has 0 aliphatic rings. The van der Waals surface area contributed by atoms with Crippen LogP contribution < -0.4 is 5.32 Å². The maximum absolute atomic E-state index is 6.50. The van der Waals surface area contributed by atoms with Gasteiger partial charge in [0.05, 0.1) is 6.04 Å². The van der Waals surface area contributed by atoms with E-state index in [9.17, 15) is 0 Å². The quantitative estimate of drug-likeness (QED) is 0.822. The van der Waals surface area contributed by atoms with Crippen molar-refractivity contribution in [2.24, 2.45) is 0 Å². The van der Waals surface area contributed by atoms with Gasteiger partial charge < -0.3 is 5.32 Å². The maximum Gasteiger partial charge on any atom is 0.0594 e. The number of hydrogen-bond donors (Lipinski definition) is 1. The number of nitrogens with one attached hydrogen (secondary N) is 1. The minimum atomic E-state index is 0.122. The summed E-state index contributed by atoms with van der Waals surface area (Å²) in [6, 6.07) is 8.68. The zero-order chi connectivity index (χ0) is 15.7. The van der Waals surface area contributed by atoms with Crippen molar-refractivity contribution in [3.63, 3.8) is 0 Å². The molecule has 2 rings (SSSR count). The summed E-state index contributed by atoms with van der Waals surface area (Å²) in [7, 11) is 2.00. The second kappa shape index (κ2) is 6.21. The van der Waals surface area contributed by atoms with Crippen molar-refractivity contribution in [1.82, 2.24) is 5.32 Å². The molecule has 0 amide bonds. The first-order valence-electron chi connectivity index (χ1n) is 7.37. The summed E-state index contributed by atoms with van der Waals surface area (Å²) in [5.41, 5.74) is 9.02. The first-order chi connectivity index (χ1) is 9.86. The molecule has 2 aromatic carbocycles. The van der Waals surface area contributed by atoms with Crippen molar-refractivity contribution in [3.05, 3.63) is 68.2 Å². The van der Waals surface area contributed by atoms with E-state index < -0.39 is 0 Å². The Kier molecular flexibility index (Phi) is 4.75. The van der Waals surface area contributed by atoms with Crippen LogP contribution in [0.1, 0.15) is 45.0 Å². The fourth-order valence-electron chi connectivity index (χ4n) is 3.00. The third-order valence-electron chi connectivity index (χ3n) is 4.47. The molecule has 0 bridgehead atoms. The molecule has 2 aromatic rings. The molecule has 2 heteroatoms. The Morgan fingerprint density at radius 2 is 1.48 bits per heavy atom. The molecule has 1 nitrogen and oxygen atoms in total. The SMILES string of the molecule is CNC(c1ccc(C)cc1Cl)c1c(C)c(C)cc(C)c1C. The highest BCUT2D eigenvalue weighted by atomic mass is 35.5. The van der Waals surface area contributed by atoms with Gasteiger partial charge in [0.25, 0.3) is 0 Å². The topological polar surface area (TPSA) is 12.0 Å². The van der Waals surface area contributed by atoms with E-state index in [1.54, 1.807) is 0 Å². The van der Waals surface area contributed by atoms with Crippen LogP contribution in [-0.4, -0.2) is 7.05 Å². The maximum atomic E-state index is 6.50. The van der Waals surface area contributed by atoms with Gasteiger partial charge in [-0.15, -0.1) is 0 Å².